The normalized spacial score (nSPS) is 32.1. The zero-order valence-electron chi connectivity index (χ0n) is 16.6. The summed E-state index contributed by atoms with van der Waals surface area (Å²) >= 11 is 3.10. The number of benzene rings is 1. The summed E-state index contributed by atoms with van der Waals surface area (Å²) in [5, 5.41) is 21.6. The third-order valence-electron chi connectivity index (χ3n) is 7.69. The average Bonchev–Trinajstić information content (AvgIpc) is 3.16. The number of sulfonamides is 1. The Kier molecular flexibility index (Phi) is 4.91. The van der Waals surface area contributed by atoms with Crippen molar-refractivity contribution in [2.24, 2.45) is 16.7 Å². The zero-order valence-corrected chi connectivity index (χ0v) is 19.0. The molecular weight excluding hydrogens is 476 g/mol. The van der Waals surface area contributed by atoms with Gasteiger partial charge in [-0.25, -0.2) is 12.7 Å². The van der Waals surface area contributed by atoms with Gasteiger partial charge in [0.1, 0.15) is 6.10 Å². The van der Waals surface area contributed by atoms with Crippen LogP contribution in [0.15, 0.2) is 34.8 Å². The van der Waals surface area contributed by atoms with Gasteiger partial charge in [-0.1, -0.05) is 29.8 Å². The van der Waals surface area contributed by atoms with Crippen LogP contribution in [0.3, 0.4) is 0 Å². The smallest absolute Gasteiger partial charge is 0.269 e. The van der Waals surface area contributed by atoms with Crippen molar-refractivity contribution in [3.63, 3.8) is 0 Å². The molecule has 3 fully saturated rings. The third-order valence-corrected chi connectivity index (χ3v) is 10.1. The Hall–Kier alpha value is -1.78. The fraction of sp³-hybridized carbons (Fsp3) is 0.550. The van der Waals surface area contributed by atoms with Crippen molar-refractivity contribution in [3.05, 3.63) is 50.5 Å². The number of nitro benzene ring substituents is 1. The van der Waals surface area contributed by atoms with Crippen LogP contribution in [-0.4, -0.2) is 40.5 Å². The predicted octanol–water partition coefficient (Wildman–Crippen LogP) is 3.27. The Morgan fingerprint density at radius 1 is 1.37 bits per heavy atom. The lowest BCUT2D eigenvalue weighted by molar-refractivity contribution is -0.384. The summed E-state index contributed by atoms with van der Waals surface area (Å²) < 4.78 is 27.2. The minimum Gasteiger partial charge on any atom is -0.383 e. The number of nitro groups is 1. The largest absolute Gasteiger partial charge is 0.383 e. The number of aliphatic hydroxyl groups is 1. The summed E-state index contributed by atoms with van der Waals surface area (Å²) in [5.74, 6) is -0.435. The zero-order chi connectivity index (χ0) is 22.1. The molecule has 162 valence electrons. The lowest BCUT2D eigenvalue weighted by Gasteiger charge is -2.37. The molecular formula is C20H23BrN2O6S. The van der Waals surface area contributed by atoms with E-state index in [9.17, 15) is 28.4 Å². The van der Waals surface area contributed by atoms with Gasteiger partial charge >= 0.3 is 0 Å². The summed E-state index contributed by atoms with van der Waals surface area (Å²) in [6.45, 7) is 4.20. The molecule has 1 saturated heterocycles. The number of amides is 1. The first kappa shape index (κ1) is 21.5. The van der Waals surface area contributed by atoms with Gasteiger partial charge < -0.3 is 5.11 Å². The number of nitrogens with zero attached hydrogens (tertiary/aromatic N) is 2. The van der Waals surface area contributed by atoms with Crippen LogP contribution in [0.2, 0.25) is 0 Å². The van der Waals surface area contributed by atoms with Crippen LogP contribution in [0.1, 0.15) is 44.8 Å². The van der Waals surface area contributed by atoms with Gasteiger partial charge in [-0.05, 0) is 53.3 Å². The molecule has 8 nitrogen and oxygen atoms in total. The van der Waals surface area contributed by atoms with E-state index in [4.69, 9.17) is 0 Å². The Balaban J connectivity index is 1.67. The molecule has 0 aromatic heterocycles. The van der Waals surface area contributed by atoms with E-state index in [0.717, 1.165) is 17.1 Å². The van der Waals surface area contributed by atoms with Crippen molar-refractivity contribution in [3.8, 4) is 0 Å². The van der Waals surface area contributed by atoms with E-state index in [2.05, 4.69) is 29.8 Å². The lowest BCUT2D eigenvalue weighted by atomic mass is 9.69. The summed E-state index contributed by atoms with van der Waals surface area (Å²) in [6.07, 6.45) is 0.960. The second-order valence-corrected chi connectivity index (χ2v) is 11.3. The average molecular weight is 499 g/mol. The molecule has 1 amide bonds. The van der Waals surface area contributed by atoms with E-state index in [1.165, 1.54) is 29.3 Å². The molecule has 1 aromatic carbocycles. The molecule has 3 aliphatic rings. The first-order valence-corrected chi connectivity index (χ1v) is 12.3. The van der Waals surface area contributed by atoms with Gasteiger partial charge in [0.15, 0.2) is 0 Å². The van der Waals surface area contributed by atoms with Crippen molar-refractivity contribution in [2.75, 3.05) is 5.75 Å². The highest BCUT2D eigenvalue weighted by Gasteiger charge is 2.72. The highest BCUT2D eigenvalue weighted by molar-refractivity contribution is 9.11. The molecule has 1 aromatic rings. The quantitative estimate of drug-likeness (QED) is 0.386. The molecule has 1 aliphatic heterocycles. The highest BCUT2D eigenvalue weighted by Crippen LogP contribution is 2.70. The molecule has 4 rings (SSSR count). The van der Waals surface area contributed by atoms with Crippen molar-refractivity contribution in [2.45, 2.75) is 45.3 Å². The molecule has 4 atom stereocenters. The van der Waals surface area contributed by atoms with Crippen LogP contribution >= 0.6 is 15.9 Å². The minimum absolute atomic E-state index is 0.0525. The molecule has 30 heavy (non-hydrogen) atoms. The number of fused-ring (bicyclic) bond motifs is 1. The maximum Gasteiger partial charge on any atom is 0.269 e. The van der Waals surface area contributed by atoms with Gasteiger partial charge in [-0.3, -0.25) is 14.9 Å². The molecule has 1 N–H and O–H groups in total. The maximum absolute atomic E-state index is 13.4. The van der Waals surface area contributed by atoms with Crippen molar-refractivity contribution in [1.82, 2.24) is 4.31 Å². The SMILES string of the molecule is CC1(C)[C@@H]2CC[C@]13CS(=O)(=O)N(C(=O)/C(=C/Br)[C@H](O)c1ccc([N+](=O)[O-])cc1)[C@@H]3C2. The van der Waals surface area contributed by atoms with Gasteiger partial charge in [0.25, 0.3) is 11.6 Å². The summed E-state index contributed by atoms with van der Waals surface area (Å²) in [7, 11) is -3.83. The third kappa shape index (κ3) is 2.80. The molecule has 2 bridgehead atoms. The van der Waals surface area contributed by atoms with Crippen molar-refractivity contribution in [1.29, 1.82) is 0 Å². The monoisotopic (exact) mass is 498 g/mol. The summed E-state index contributed by atoms with van der Waals surface area (Å²) in [4.78, 5) is 24.9. The van der Waals surface area contributed by atoms with E-state index < -0.39 is 38.4 Å². The Bertz CT molecular complexity index is 1050. The Morgan fingerprint density at radius 3 is 2.53 bits per heavy atom. The second-order valence-electron chi connectivity index (χ2n) is 9.04. The fourth-order valence-electron chi connectivity index (χ4n) is 5.86. The van der Waals surface area contributed by atoms with Crippen LogP contribution in [-0.2, 0) is 14.8 Å². The molecule has 2 aliphatic carbocycles. The van der Waals surface area contributed by atoms with Crippen LogP contribution in [0.4, 0.5) is 5.69 Å². The van der Waals surface area contributed by atoms with E-state index in [1.807, 2.05) is 0 Å². The van der Waals surface area contributed by atoms with Gasteiger partial charge in [0.2, 0.25) is 10.0 Å². The number of halogens is 1. The van der Waals surface area contributed by atoms with E-state index in [1.54, 1.807) is 0 Å². The lowest BCUT2D eigenvalue weighted by Crippen LogP contribution is -2.45. The number of carbonyl (C=O) groups excluding carboxylic acids is 1. The predicted molar refractivity (Wildman–Crippen MR) is 113 cm³/mol. The van der Waals surface area contributed by atoms with Crippen molar-refractivity contribution < 1.29 is 23.2 Å². The number of hydrogen-bond donors (Lipinski definition) is 1. The molecule has 0 radical (unpaired) electrons. The molecule has 10 heteroatoms. The maximum atomic E-state index is 13.4. The van der Waals surface area contributed by atoms with Crippen molar-refractivity contribution >= 4 is 37.5 Å². The standard InChI is InChI=1S/C20H23BrN2O6S/c1-19(2)13-7-8-20(19)11-30(28,29)22(16(20)9-13)18(25)15(10-21)17(24)12-3-5-14(6-4-12)23(26)27/h3-6,10,13,16-17,24H,7-9,11H2,1-2H3/b15-10+/t13-,16-,17-,20-/m1/s1. The van der Waals surface area contributed by atoms with Gasteiger partial charge in [-0.2, -0.15) is 0 Å². The fourth-order valence-corrected chi connectivity index (χ4v) is 8.84. The first-order valence-electron chi connectivity index (χ1n) is 9.75. The number of carbonyl (C=O) groups is 1. The van der Waals surface area contributed by atoms with Gasteiger partial charge in [0.05, 0.1) is 22.3 Å². The van der Waals surface area contributed by atoms with Crippen LogP contribution < -0.4 is 0 Å². The molecule has 0 unspecified atom stereocenters. The number of hydrogen-bond acceptors (Lipinski definition) is 6. The summed E-state index contributed by atoms with van der Waals surface area (Å²) in [5.41, 5.74) is -0.629. The molecule has 1 spiro atoms. The van der Waals surface area contributed by atoms with E-state index in [-0.39, 0.29) is 28.0 Å². The van der Waals surface area contributed by atoms with E-state index >= 15 is 0 Å². The summed E-state index contributed by atoms with van der Waals surface area (Å²) in [6, 6.07) is 4.76. The van der Waals surface area contributed by atoms with E-state index in [0.29, 0.717) is 12.3 Å². The molecule has 2 saturated carbocycles. The topological polar surface area (TPSA) is 118 Å². The Morgan fingerprint density at radius 2 is 2.00 bits per heavy atom. The Labute approximate surface area is 183 Å². The minimum atomic E-state index is -3.83. The second kappa shape index (κ2) is 6.86. The van der Waals surface area contributed by atoms with Crippen LogP contribution in [0.25, 0.3) is 0 Å². The highest BCUT2D eigenvalue weighted by atomic mass is 79.9. The first-order chi connectivity index (χ1) is 14.0. The van der Waals surface area contributed by atoms with Crippen LogP contribution in [0.5, 0.6) is 0 Å². The molecule has 1 heterocycles. The van der Waals surface area contributed by atoms with Gasteiger partial charge in [-0.15, -0.1) is 0 Å². The van der Waals surface area contributed by atoms with Gasteiger partial charge in [0, 0.05) is 17.5 Å². The number of rotatable bonds is 4. The number of aliphatic hydroxyl groups excluding tert-OH is 1. The number of non-ortho nitro benzene ring substituents is 1. The van der Waals surface area contributed by atoms with Crippen LogP contribution in [0, 0.1) is 26.9 Å².